The molecule has 1 atom stereocenters. The van der Waals surface area contributed by atoms with Crippen molar-refractivity contribution in [2.45, 2.75) is 69.6 Å². The molecular formula is C13H25BO2S. The van der Waals surface area contributed by atoms with Crippen LogP contribution in [0.5, 0.6) is 0 Å². The van der Waals surface area contributed by atoms with Crippen LogP contribution in [0, 0.1) is 0 Å². The third kappa shape index (κ3) is 3.52. The fourth-order valence-corrected chi connectivity index (χ4v) is 2.78. The van der Waals surface area contributed by atoms with Crippen LogP contribution < -0.4 is 0 Å². The predicted octanol–water partition coefficient (Wildman–Crippen LogP) is 3.70. The third-order valence-corrected chi connectivity index (χ3v) is 4.66. The molecule has 2 nitrogen and oxygen atoms in total. The van der Waals surface area contributed by atoms with Gasteiger partial charge in [-0.1, -0.05) is 26.8 Å². The summed E-state index contributed by atoms with van der Waals surface area (Å²) >= 11 is 1.83. The molecule has 0 aromatic heterocycles. The van der Waals surface area contributed by atoms with Crippen LogP contribution in [0.15, 0.2) is 12.7 Å². The van der Waals surface area contributed by atoms with E-state index in [1.54, 1.807) is 0 Å². The van der Waals surface area contributed by atoms with Gasteiger partial charge in [0, 0.05) is 4.75 Å². The summed E-state index contributed by atoms with van der Waals surface area (Å²) in [5.41, 5.74) is -0.533. The second kappa shape index (κ2) is 4.63. The van der Waals surface area contributed by atoms with Crippen LogP contribution in [0.25, 0.3) is 0 Å². The lowest BCUT2D eigenvalue weighted by Crippen LogP contribution is -2.41. The second-order valence-corrected chi connectivity index (χ2v) is 8.56. The first-order valence-corrected chi connectivity index (χ1v) is 7.02. The summed E-state index contributed by atoms with van der Waals surface area (Å²) in [7, 11) is -0.207. The lowest BCUT2D eigenvalue weighted by atomic mass is 9.84. The van der Waals surface area contributed by atoms with E-state index in [0.717, 1.165) is 0 Å². The number of thioether (sulfide) groups is 1. The minimum atomic E-state index is -0.266. The maximum Gasteiger partial charge on any atom is 0.475 e. The molecule has 17 heavy (non-hydrogen) atoms. The molecule has 98 valence electrons. The fourth-order valence-electron chi connectivity index (χ4n) is 1.65. The Balaban J connectivity index is 2.78. The highest BCUT2D eigenvalue weighted by atomic mass is 32.2. The minimum Gasteiger partial charge on any atom is -0.402 e. The normalized spacial score (nSPS) is 24.8. The summed E-state index contributed by atoms with van der Waals surface area (Å²) in [5.74, 6) is 0. The number of rotatable bonds is 3. The molecule has 4 heteroatoms. The Morgan fingerprint density at radius 1 is 1.12 bits per heavy atom. The van der Waals surface area contributed by atoms with Gasteiger partial charge >= 0.3 is 7.12 Å². The van der Waals surface area contributed by atoms with Gasteiger partial charge in [0.1, 0.15) is 0 Å². The van der Waals surface area contributed by atoms with Crippen LogP contribution in [0.3, 0.4) is 0 Å². The van der Waals surface area contributed by atoms with E-state index in [9.17, 15) is 0 Å². The molecule has 0 aromatic rings. The van der Waals surface area contributed by atoms with Gasteiger partial charge in [0.2, 0.25) is 0 Å². The molecule has 1 heterocycles. The minimum absolute atomic E-state index is 0.163. The Kier molecular flexibility index (Phi) is 4.13. The van der Waals surface area contributed by atoms with Gasteiger partial charge in [-0.15, -0.1) is 6.58 Å². The van der Waals surface area contributed by atoms with E-state index in [0.29, 0.717) is 0 Å². The van der Waals surface area contributed by atoms with Gasteiger partial charge in [-0.25, -0.2) is 0 Å². The topological polar surface area (TPSA) is 18.5 Å². The van der Waals surface area contributed by atoms with Gasteiger partial charge < -0.3 is 9.31 Å². The summed E-state index contributed by atoms with van der Waals surface area (Å²) < 4.78 is 12.3. The van der Waals surface area contributed by atoms with Crippen molar-refractivity contribution in [3.8, 4) is 0 Å². The molecule has 0 aliphatic carbocycles. The van der Waals surface area contributed by atoms with Crippen molar-refractivity contribution in [2.75, 3.05) is 0 Å². The van der Waals surface area contributed by atoms with E-state index in [4.69, 9.17) is 9.31 Å². The SMILES string of the molecule is C=CC(SC(C)(C)C)B1OC(C)(C)C(C)(C)O1. The van der Waals surface area contributed by atoms with Gasteiger partial charge in [0.05, 0.1) is 16.4 Å². The lowest BCUT2D eigenvalue weighted by Gasteiger charge is -2.32. The van der Waals surface area contributed by atoms with Crippen molar-refractivity contribution in [1.82, 2.24) is 0 Å². The number of hydrogen-bond donors (Lipinski definition) is 0. The molecule has 0 aromatic carbocycles. The van der Waals surface area contributed by atoms with E-state index >= 15 is 0 Å². The van der Waals surface area contributed by atoms with E-state index in [-0.39, 0.29) is 28.2 Å². The van der Waals surface area contributed by atoms with Crippen LogP contribution in [0.1, 0.15) is 48.5 Å². The molecule has 0 spiro atoms. The van der Waals surface area contributed by atoms with Gasteiger partial charge in [-0.3, -0.25) is 0 Å². The molecule has 0 saturated carbocycles. The molecule has 1 unspecified atom stereocenters. The molecule has 1 saturated heterocycles. The summed E-state index contributed by atoms with van der Waals surface area (Å²) in [6, 6.07) is 0. The van der Waals surface area contributed by atoms with Crippen molar-refractivity contribution in [3.05, 3.63) is 12.7 Å². The largest absolute Gasteiger partial charge is 0.475 e. The zero-order valence-corrected chi connectivity index (χ0v) is 13.0. The molecule has 0 N–H and O–H groups in total. The summed E-state index contributed by atoms with van der Waals surface area (Å²) in [6.45, 7) is 18.8. The van der Waals surface area contributed by atoms with Gasteiger partial charge in [0.25, 0.3) is 0 Å². The van der Waals surface area contributed by atoms with Crippen molar-refractivity contribution >= 4 is 18.9 Å². The highest BCUT2D eigenvalue weighted by Crippen LogP contribution is 2.41. The Hall–Kier alpha value is 0.0749. The highest BCUT2D eigenvalue weighted by molar-refractivity contribution is 8.02. The molecular weight excluding hydrogens is 231 g/mol. The molecule has 0 amide bonds. The molecule has 0 bridgehead atoms. The quantitative estimate of drug-likeness (QED) is 0.566. The molecule has 0 radical (unpaired) electrons. The van der Waals surface area contributed by atoms with E-state index in [2.05, 4.69) is 55.0 Å². The monoisotopic (exact) mass is 256 g/mol. The second-order valence-electron chi connectivity index (χ2n) is 6.56. The van der Waals surface area contributed by atoms with Crippen LogP contribution in [-0.2, 0) is 9.31 Å². The van der Waals surface area contributed by atoms with E-state index in [1.165, 1.54) is 0 Å². The highest BCUT2D eigenvalue weighted by Gasteiger charge is 2.53. The molecule has 1 aliphatic heterocycles. The van der Waals surface area contributed by atoms with Gasteiger partial charge in [-0.05, 0) is 27.7 Å². The summed E-state index contributed by atoms with van der Waals surface area (Å²) in [4.78, 5) is 0. The first-order valence-electron chi connectivity index (χ1n) is 6.14. The van der Waals surface area contributed by atoms with Crippen molar-refractivity contribution in [1.29, 1.82) is 0 Å². The van der Waals surface area contributed by atoms with Crippen LogP contribution in [0.2, 0.25) is 0 Å². The van der Waals surface area contributed by atoms with Crippen molar-refractivity contribution < 1.29 is 9.31 Å². The summed E-state index contributed by atoms with van der Waals surface area (Å²) in [6.07, 6.45) is 1.93. The average molecular weight is 256 g/mol. The predicted molar refractivity (Wildman–Crippen MR) is 77.4 cm³/mol. The van der Waals surface area contributed by atoms with Crippen LogP contribution in [-0.4, -0.2) is 28.2 Å². The Labute approximate surface area is 111 Å². The van der Waals surface area contributed by atoms with Crippen molar-refractivity contribution in [2.24, 2.45) is 0 Å². The average Bonchev–Trinajstić information content (AvgIpc) is 2.30. The Morgan fingerprint density at radius 3 is 1.82 bits per heavy atom. The maximum atomic E-state index is 6.05. The van der Waals surface area contributed by atoms with Gasteiger partial charge in [0.15, 0.2) is 0 Å². The van der Waals surface area contributed by atoms with Crippen molar-refractivity contribution in [3.63, 3.8) is 0 Å². The Bertz CT molecular complexity index is 278. The van der Waals surface area contributed by atoms with E-state index in [1.807, 2.05) is 17.8 Å². The standard InChI is InChI=1S/C13H25BO2S/c1-9-10(17-11(2,3)4)14-15-12(5,6)13(7,8)16-14/h9-10H,1H2,2-8H3. The summed E-state index contributed by atoms with van der Waals surface area (Å²) in [5, 5.41) is 0.163. The molecule has 1 aliphatic rings. The fraction of sp³-hybridized carbons (Fsp3) is 0.846. The Morgan fingerprint density at radius 2 is 1.53 bits per heavy atom. The lowest BCUT2D eigenvalue weighted by molar-refractivity contribution is 0.00578. The smallest absolute Gasteiger partial charge is 0.402 e. The number of hydrogen-bond acceptors (Lipinski definition) is 3. The zero-order valence-electron chi connectivity index (χ0n) is 12.2. The maximum absolute atomic E-state index is 6.05. The van der Waals surface area contributed by atoms with Gasteiger partial charge in [-0.2, -0.15) is 11.8 Å². The first-order chi connectivity index (χ1) is 7.48. The molecule has 1 rings (SSSR count). The third-order valence-electron chi connectivity index (χ3n) is 3.26. The van der Waals surface area contributed by atoms with Crippen LogP contribution >= 0.6 is 11.8 Å². The molecule has 1 fully saturated rings. The first kappa shape index (κ1) is 15.1. The zero-order chi connectivity index (χ0) is 13.5. The van der Waals surface area contributed by atoms with Crippen LogP contribution in [0.4, 0.5) is 0 Å². The van der Waals surface area contributed by atoms with E-state index < -0.39 is 0 Å².